The standard InChI is InChI=1S/C20H28N2O3/c1-24-19-13-17-15(12-18(19)22-6-8-25-9-7-22)11-16(20(17)23)10-14-2-4-21-5-3-14/h12-14,16,21H,2-11H2,1H3. The van der Waals surface area contributed by atoms with E-state index in [1.807, 2.05) is 6.07 Å². The third-order valence-electron chi connectivity index (χ3n) is 5.94. The number of carbonyl (C=O) groups excluding carboxylic acids is 1. The first-order valence-electron chi connectivity index (χ1n) is 9.55. The summed E-state index contributed by atoms with van der Waals surface area (Å²) in [5.74, 6) is 1.98. The quantitative estimate of drug-likeness (QED) is 0.908. The third kappa shape index (κ3) is 3.40. The number of ether oxygens (including phenoxy) is 2. The molecule has 2 saturated heterocycles. The number of nitrogens with one attached hydrogen (secondary N) is 1. The van der Waals surface area contributed by atoms with Gasteiger partial charge >= 0.3 is 0 Å². The summed E-state index contributed by atoms with van der Waals surface area (Å²) in [6, 6.07) is 4.17. The minimum absolute atomic E-state index is 0.155. The Balaban J connectivity index is 1.55. The van der Waals surface area contributed by atoms with E-state index < -0.39 is 0 Å². The Bertz CT molecular complexity index is 634. The first-order valence-corrected chi connectivity index (χ1v) is 9.55. The van der Waals surface area contributed by atoms with E-state index in [2.05, 4.69) is 16.3 Å². The number of anilines is 1. The fourth-order valence-corrected chi connectivity index (χ4v) is 4.51. The summed E-state index contributed by atoms with van der Waals surface area (Å²) in [6.07, 6.45) is 4.31. The van der Waals surface area contributed by atoms with Crippen LogP contribution >= 0.6 is 0 Å². The molecule has 4 rings (SSSR count). The minimum atomic E-state index is 0.155. The normalized spacial score (nSPS) is 24.4. The maximum absolute atomic E-state index is 12.9. The summed E-state index contributed by atoms with van der Waals surface area (Å²) >= 11 is 0. The Morgan fingerprint density at radius 3 is 2.72 bits per heavy atom. The Hall–Kier alpha value is -1.59. The molecule has 0 spiro atoms. The van der Waals surface area contributed by atoms with Crippen LogP contribution in [0.3, 0.4) is 0 Å². The zero-order chi connectivity index (χ0) is 17.2. The Morgan fingerprint density at radius 2 is 2.00 bits per heavy atom. The highest BCUT2D eigenvalue weighted by molar-refractivity contribution is 6.03. The lowest BCUT2D eigenvalue weighted by atomic mass is 9.86. The monoisotopic (exact) mass is 344 g/mol. The van der Waals surface area contributed by atoms with Gasteiger partial charge in [0.25, 0.3) is 0 Å². The zero-order valence-corrected chi connectivity index (χ0v) is 15.1. The molecule has 2 aliphatic heterocycles. The molecule has 1 aromatic rings. The van der Waals surface area contributed by atoms with E-state index in [-0.39, 0.29) is 5.92 Å². The molecular formula is C20H28N2O3. The maximum atomic E-state index is 12.9. The van der Waals surface area contributed by atoms with Gasteiger partial charge in [-0.15, -0.1) is 0 Å². The molecule has 2 heterocycles. The molecule has 0 saturated carbocycles. The van der Waals surface area contributed by atoms with Crippen LogP contribution in [-0.2, 0) is 11.2 Å². The van der Waals surface area contributed by atoms with Crippen molar-refractivity contribution in [1.29, 1.82) is 0 Å². The van der Waals surface area contributed by atoms with Crippen molar-refractivity contribution in [3.8, 4) is 5.75 Å². The predicted octanol–water partition coefficient (Wildman–Crippen LogP) is 2.28. The van der Waals surface area contributed by atoms with Crippen molar-refractivity contribution >= 4 is 11.5 Å². The highest BCUT2D eigenvalue weighted by Crippen LogP contribution is 2.39. The van der Waals surface area contributed by atoms with Crippen LogP contribution in [0.4, 0.5) is 5.69 Å². The zero-order valence-electron chi connectivity index (χ0n) is 15.1. The number of carbonyl (C=O) groups is 1. The molecule has 3 aliphatic rings. The molecule has 0 amide bonds. The molecule has 0 aromatic heterocycles. The average molecular weight is 344 g/mol. The smallest absolute Gasteiger partial charge is 0.166 e. The van der Waals surface area contributed by atoms with Crippen LogP contribution in [0, 0.1) is 11.8 Å². The fourth-order valence-electron chi connectivity index (χ4n) is 4.51. The SMILES string of the molecule is COc1cc2c(cc1N1CCOCC1)CC(CC1CCNCC1)C2=O. The van der Waals surface area contributed by atoms with Crippen molar-refractivity contribution in [2.24, 2.45) is 11.8 Å². The van der Waals surface area contributed by atoms with E-state index in [0.29, 0.717) is 11.7 Å². The van der Waals surface area contributed by atoms with Crippen molar-refractivity contribution in [2.75, 3.05) is 51.4 Å². The van der Waals surface area contributed by atoms with E-state index in [9.17, 15) is 4.79 Å². The lowest BCUT2D eigenvalue weighted by molar-refractivity contribution is 0.0912. The van der Waals surface area contributed by atoms with E-state index in [1.165, 1.54) is 18.4 Å². The number of nitrogens with zero attached hydrogens (tertiary/aromatic N) is 1. The van der Waals surface area contributed by atoms with Crippen LogP contribution in [-0.4, -0.2) is 52.3 Å². The van der Waals surface area contributed by atoms with Gasteiger partial charge in [0.2, 0.25) is 0 Å². The van der Waals surface area contributed by atoms with E-state index in [0.717, 1.165) is 69.2 Å². The summed E-state index contributed by atoms with van der Waals surface area (Å²) in [5.41, 5.74) is 3.19. The summed E-state index contributed by atoms with van der Waals surface area (Å²) in [6.45, 7) is 5.43. The van der Waals surface area contributed by atoms with Gasteiger partial charge in [0.05, 0.1) is 26.0 Å². The van der Waals surface area contributed by atoms with Gasteiger partial charge in [0.1, 0.15) is 5.75 Å². The van der Waals surface area contributed by atoms with Crippen LogP contribution in [0.25, 0.3) is 0 Å². The van der Waals surface area contributed by atoms with Gasteiger partial charge in [0, 0.05) is 24.6 Å². The third-order valence-corrected chi connectivity index (χ3v) is 5.94. The van der Waals surface area contributed by atoms with Gasteiger partial charge in [-0.25, -0.2) is 0 Å². The predicted molar refractivity (Wildman–Crippen MR) is 97.8 cm³/mol. The molecule has 0 bridgehead atoms. The number of rotatable bonds is 4. The second kappa shape index (κ2) is 7.34. The summed E-state index contributed by atoms with van der Waals surface area (Å²) in [7, 11) is 1.69. The molecule has 1 unspecified atom stereocenters. The van der Waals surface area contributed by atoms with Crippen LogP contribution in [0.2, 0.25) is 0 Å². The molecule has 25 heavy (non-hydrogen) atoms. The van der Waals surface area contributed by atoms with Gasteiger partial charge in [-0.1, -0.05) is 0 Å². The van der Waals surface area contributed by atoms with Crippen LogP contribution in [0.15, 0.2) is 12.1 Å². The Morgan fingerprint density at radius 1 is 1.24 bits per heavy atom. The number of ketones is 1. The number of hydrogen-bond acceptors (Lipinski definition) is 5. The first kappa shape index (κ1) is 16.9. The summed E-state index contributed by atoms with van der Waals surface area (Å²) < 4.78 is 11.1. The molecule has 5 heteroatoms. The van der Waals surface area contributed by atoms with Gasteiger partial charge in [-0.05, 0) is 62.4 Å². The molecular weight excluding hydrogens is 316 g/mol. The van der Waals surface area contributed by atoms with Gasteiger partial charge < -0.3 is 19.7 Å². The Kier molecular flexibility index (Phi) is 4.95. The topological polar surface area (TPSA) is 50.8 Å². The first-order chi connectivity index (χ1) is 12.3. The number of benzene rings is 1. The molecule has 136 valence electrons. The number of hydrogen-bond donors (Lipinski definition) is 1. The number of Topliss-reactive ketones (excluding diaryl/α,β-unsaturated/α-hetero) is 1. The van der Waals surface area contributed by atoms with Gasteiger partial charge in [-0.3, -0.25) is 4.79 Å². The second-order valence-corrected chi connectivity index (χ2v) is 7.48. The lowest BCUT2D eigenvalue weighted by Crippen LogP contribution is -2.36. The van der Waals surface area contributed by atoms with Crippen molar-refractivity contribution < 1.29 is 14.3 Å². The van der Waals surface area contributed by atoms with Crippen LogP contribution < -0.4 is 15.0 Å². The largest absolute Gasteiger partial charge is 0.495 e. The van der Waals surface area contributed by atoms with Crippen LogP contribution in [0.5, 0.6) is 5.75 Å². The van der Waals surface area contributed by atoms with Crippen molar-refractivity contribution in [3.05, 3.63) is 23.3 Å². The molecule has 1 atom stereocenters. The van der Waals surface area contributed by atoms with Crippen molar-refractivity contribution in [1.82, 2.24) is 5.32 Å². The number of fused-ring (bicyclic) bond motifs is 1. The number of morpholine rings is 1. The van der Waals surface area contributed by atoms with Crippen molar-refractivity contribution in [2.45, 2.75) is 25.7 Å². The maximum Gasteiger partial charge on any atom is 0.166 e. The molecule has 1 aliphatic carbocycles. The van der Waals surface area contributed by atoms with Gasteiger partial charge in [-0.2, -0.15) is 0 Å². The van der Waals surface area contributed by atoms with Crippen molar-refractivity contribution in [3.63, 3.8) is 0 Å². The van der Waals surface area contributed by atoms with E-state index >= 15 is 0 Å². The molecule has 5 nitrogen and oxygen atoms in total. The Labute approximate surface area is 149 Å². The highest BCUT2D eigenvalue weighted by atomic mass is 16.5. The second-order valence-electron chi connectivity index (χ2n) is 7.48. The van der Waals surface area contributed by atoms with E-state index in [1.54, 1.807) is 7.11 Å². The van der Waals surface area contributed by atoms with Crippen LogP contribution in [0.1, 0.15) is 35.2 Å². The van der Waals surface area contributed by atoms with E-state index in [4.69, 9.17) is 9.47 Å². The summed E-state index contributed by atoms with van der Waals surface area (Å²) in [4.78, 5) is 15.2. The van der Waals surface area contributed by atoms with Gasteiger partial charge in [0.15, 0.2) is 5.78 Å². The molecule has 1 N–H and O–H groups in total. The highest BCUT2D eigenvalue weighted by Gasteiger charge is 2.34. The lowest BCUT2D eigenvalue weighted by Gasteiger charge is -2.30. The molecule has 0 radical (unpaired) electrons. The molecule has 2 fully saturated rings. The summed E-state index contributed by atoms with van der Waals surface area (Å²) in [5, 5.41) is 3.41. The number of piperidine rings is 1. The fraction of sp³-hybridized carbons (Fsp3) is 0.650. The average Bonchev–Trinajstić information content (AvgIpc) is 2.97. The molecule has 1 aromatic carbocycles. The number of methoxy groups -OCH3 is 1. The minimum Gasteiger partial charge on any atom is -0.495 e.